The van der Waals surface area contributed by atoms with E-state index in [0.717, 1.165) is 16.8 Å². The largest absolute Gasteiger partial charge is 0.308 e. The van der Waals surface area contributed by atoms with E-state index in [4.69, 9.17) is 16.6 Å². The number of fused-ring (bicyclic) bond motifs is 1. The Morgan fingerprint density at radius 2 is 1.88 bits per heavy atom. The van der Waals surface area contributed by atoms with Crippen molar-refractivity contribution in [2.24, 2.45) is 0 Å². The van der Waals surface area contributed by atoms with Crippen molar-refractivity contribution in [2.75, 3.05) is 32.1 Å². The van der Waals surface area contributed by atoms with Crippen LogP contribution in [0.5, 0.6) is 0 Å². The number of hydrogen-bond donors (Lipinski definition) is 0. The minimum absolute atomic E-state index is 0.120. The average molecular weight is 388 g/mol. The quantitative estimate of drug-likeness (QED) is 0.632. The summed E-state index contributed by atoms with van der Waals surface area (Å²) in [5, 5.41) is 1.17. The molecule has 1 amide bonds. The smallest absolute Gasteiger partial charge is 0.261 e. The third kappa shape index (κ3) is 3.90. The highest BCUT2D eigenvalue weighted by Crippen LogP contribution is 2.33. The molecule has 2 aromatic carbocycles. The number of carbonyl (C=O) groups excluding carboxylic acids is 1. The molecule has 0 bridgehead atoms. The maximum atomic E-state index is 13.2. The molecule has 1 heterocycles. The summed E-state index contributed by atoms with van der Waals surface area (Å²) in [4.78, 5) is 21.7. The van der Waals surface area contributed by atoms with E-state index in [9.17, 15) is 4.79 Å². The van der Waals surface area contributed by atoms with Gasteiger partial charge in [-0.2, -0.15) is 0 Å². The Morgan fingerprint density at radius 1 is 1.15 bits per heavy atom. The summed E-state index contributed by atoms with van der Waals surface area (Å²) in [6.45, 7) is 5.43. The molecule has 0 fully saturated rings. The first kappa shape index (κ1) is 18.8. The topological polar surface area (TPSA) is 36.4 Å². The molecule has 0 atom stereocenters. The summed E-state index contributed by atoms with van der Waals surface area (Å²) in [5.41, 5.74) is 3.79. The number of benzene rings is 2. The van der Waals surface area contributed by atoms with Gasteiger partial charge in [-0.1, -0.05) is 41.1 Å². The van der Waals surface area contributed by atoms with Crippen molar-refractivity contribution >= 4 is 44.2 Å². The number of nitrogens with zero attached hydrogens (tertiary/aromatic N) is 3. The van der Waals surface area contributed by atoms with E-state index in [1.165, 1.54) is 11.1 Å². The number of halogens is 1. The molecule has 0 saturated heterocycles. The molecule has 0 unspecified atom stereocenters. The lowest BCUT2D eigenvalue weighted by Gasteiger charge is -2.22. The molecule has 0 aliphatic carbocycles. The lowest BCUT2D eigenvalue weighted by Crippen LogP contribution is -2.36. The Kier molecular flexibility index (Phi) is 5.61. The minimum Gasteiger partial charge on any atom is -0.308 e. The first-order chi connectivity index (χ1) is 12.4. The molecule has 26 heavy (non-hydrogen) atoms. The fraction of sp³-hybridized carbons (Fsp3) is 0.300. The minimum atomic E-state index is -0.120. The molecule has 0 N–H and O–H groups in total. The van der Waals surface area contributed by atoms with Crippen molar-refractivity contribution in [3.8, 4) is 0 Å². The van der Waals surface area contributed by atoms with Gasteiger partial charge in [-0.05, 0) is 57.3 Å². The van der Waals surface area contributed by atoms with E-state index in [-0.39, 0.29) is 5.91 Å². The molecule has 0 radical (unpaired) electrons. The van der Waals surface area contributed by atoms with Gasteiger partial charge in [-0.15, -0.1) is 0 Å². The van der Waals surface area contributed by atoms with Crippen molar-refractivity contribution in [3.63, 3.8) is 0 Å². The lowest BCUT2D eigenvalue weighted by molar-refractivity contribution is 0.0985. The molecule has 1 aromatic heterocycles. The summed E-state index contributed by atoms with van der Waals surface area (Å²) in [6, 6.07) is 11.4. The molecule has 3 rings (SSSR count). The second-order valence-corrected chi connectivity index (χ2v) is 8.05. The van der Waals surface area contributed by atoms with Crippen LogP contribution in [0.25, 0.3) is 10.2 Å². The van der Waals surface area contributed by atoms with Gasteiger partial charge in [0.1, 0.15) is 0 Å². The molecule has 0 aliphatic rings. The molecule has 0 aliphatic heterocycles. The maximum Gasteiger partial charge on any atom is 0.261 e. The fourth-order valence-corrected chi connectivity index (χ4v) is 4.10. The van der Waals surface area contributed by atoms with Crippen LogP contribution in [0.1, 0.15) is 21.5 Å². The zero-order valence-corrected chi connectivity index (χ0v) is 17.0. The molecule has 3 aromatic rings. The predicted octanol–water partition coefficient (Wildman–Crippen LogP) is 4.77. The highest BCUT2D eigenvalue weighted by molar-refractivity contribution is 7.22. The zero-order valence-electron chi connectivity index (χ0n) is 15.4. The first-order valence-electron chi connectivity index (χ1n) is 8.45. The normalized spacial score (nSPS) is 11.3. The summed E-state index contributed by atoms with van der Waals surface area (Å²) >= 11 is 7.82. The van der Waals surface area contributed by atoms with Crippen molar-refractivity contribution in [3.05, 3.63) is 58.1 Å². The number of anilines is 1. The van der Waals surface area contributed by atoms with Crippen LogP contribution >= 0.6 is 22.9 Å². The van der Waals surface area contributed by atoms with E-state index in [1.807, 2.05) is 26.2 Å². The number of likely N-dealkylation sites (N-methyl/N-ethyl adjacent to an activating group) is 1. The Bertz CT molecular complexity index is 951. The van der Waals surface area contributed by atoms with Crippen molar-refractivity contribution < 1.29 is 4.79 Å². The van der Waals surface area contributed by atoms with Gasteiger partial charge in [0.25, 0.3) is 5.91 Å². The van der Waals surface area contributed by atoms with Gasteiger partial charge in [-0.3, -0.25) is 9.69 Å². The molecule has 4 nitrogen and oxygen atoms in total. The second-order valence-electron chi connectivity index (χ2n) is 6.67. The summed E-state index contributed by atoms with van der Waals surface area (Å²) in [5.74, 6) is -0.120. The Labute approximate surface area is 163 Å². The number of hydrogen-bond acceptors (Lipinski definition) is 4. The SMILES string of the molecule is Cc1cc(C)c2sc(N(CCN(C)C)C(=O)c3ccccc3Cl)nc2c1. The van der Waals surface area contributed by atoms with Gasteiger partial charge in [0, 0.05) is 13.1 Å². The molecular formula is C20H22ClN3OS. The van der Waals surface area contributed by atoms with E-state index >= 15 is 0 Å². The average Bonchev–Trinajstić information content (AvgIpc) is 2.99. The third-order valence-corrected chi connectivity index (χ3v) is 5.72. The number of thiazole rings is 1. The van der Waals surface area contributed by atoms with Crippen LogP contribution in [0.15, 0.2) is 36.4 Å². The van der Waals surface area contributed by atoms with E-state index in [0.29, 0.717) is 22.3 Å². The maximum absolute atomic E-state index is 13.2. The molecule has 0 saturated carbocycles. The van der Waals surface area contributed by atoms with Gasteiger partial charge in [0.15, 0.2) is 5.13 Å². The monoisotopic (exact) mass is 387 g/mol. The first-order valence-corrected chi connectivity index (χ1v) is 9.65. The van der Waals surface area contributed by atoms with Crippen LogP contribution in [0.4, 0.5) is 5.13 Å². The molecule has 136 valence electrons. The predicted molar refractivity (Wildman–Crippen MR) is 111 cm³/mol. The zero-order chi connectivity index (χ0) is 18.8. The third-order valence-electron chi connectivity index (χ3n) is 4.16. The standard InChI is InChI=1S/C20H22ClN3OS/c1-13-11-14(2)18-17(12-13)22-20(26-18)24(10-9-23(3)4)19(25)15-7-5-6-8-16(15)21/h5-8,11-12H,9-10H2,1-4H3. The molecule has 6 heteroatoms. The number of aryl methyl sites for hydroxylation is 2. The van der Waals surface area contributed by atoms with Gasteiger partial charge >= 0.3 is 0 Å². The number of amides is 1. The van der Waals surface area contributed by atoms with Crippen molar-refractivity contribution in [1.29, 1.82) is 0 Å². The van der Waals surface area contributed by atoms with E-state index in [2.05, 4.69) is 30.9 Å². The molecule has 0 spiro atoms. The van der Waals surface area contributed by atoms with Gasteiger partial charge in [0.05, 0.1) is 20.8 Å². The number of aromatic nitrogens is 1. The fourth-order valence-electron chi connectivity index (χ4n) is 2.84. The van der Waals surface area contributed by atoms with Crippen molar-refractivity contribution in [1.82, 2.24) is 9.88 Å². The Morgan fingerprint density at radius 3 is 2.58 bits per heavy atom. The summed E-state index contributed by atoms with van der Waals surface area (Å²) in [6.07, 6.45) is 0. The lowest BCUT2D eigenvalue weighted by atomic mass is 10.1. The van der Waals surface area contributed by atoms with E-state index < -0.39 is 0 Å². The van der Waals surface area contributed by atoms with Crippen LogP contribution in [0.3, 0.4) is 0 Å². The van der Waals surface area contributed by atoms with Gasteiger partial charge in [-0.25, -0.2) is 4.98 Å². The van der Waals surface area contributed by atoms with E-state index in [1.54, 1.807) is 28.4 Å². The molecular weight excluding hydrogens is 366 g/mol. The highest BCUT2D eigenvalue weighted by atomic mass is 35.5. The van der Waals surface area contributed by atoms with Crippen LogP contribution < -0.4 is 4.90 Å². The Hall–Kier alpha value is -1.95. The highest BCUT2D eigenvalue weighted by Gasteiger charge is 2.23. The van der Waals surface area contributed by atoms with Crippen LogP contribution in [0.2, 0.25) is 5.02 Å². The van der Waals surface area contributed by atoms with Crippen LogP contribution in [-0.4, -0.2) is 43.0 Å². The van der Waals surface area contributed by atoms with Crippen molar-refractivity contribution in [2.45, 2.75) is 13.8 Å². The second kappa shape index (κ2) is 7.74. The van der Waals surface area contributed by atoms with Crippen LogP contribution in [0, 0.1) is 13.8 Å². The van der Waals surface area contributed by atoms with Crippen LogP contribution in [-0.2, 0) is 0 Å². The summed E-state index contributed by atoms with van der Waals surface area (Å²) < 4.78 is 1.12. The Balaban J connectivity index is 2.05. The van der Waals surface area contributed by atoms with Gasteiger partial charge in [0.2, 0.25) is 0 Å². The summed E-state index contributed by atoms with van der Waals surface area (Å²) in [7, 11) is 3.98. The number of carbonyl (C=O) groups is 1. The number of rotatable bonds is 5. The van der Waals surface area contributed by atoms with Gasteiger partial charge < -0.3 is 4.90 Å².